The number of nitrogens with zero attached hydrogens (tertiary/aromatic N) is 2. The standard InChI is InChI=1S/C26H28N2O5/c1-26(2,3)33-24(29)19-9-6-10-20(14-19)28(17-18-8-7-13-27-16-18)21-11-12-22(25(30)32-5)23(15-21)31-4/h6-16H,17H2,1-5H3. The van der Waals surface area contributed by atoms with Gasteiger partial charge in [0.25, 0.3) is 0 Å². The SMILES string of the molecule is COC(=O)c1ccc(N(Cc2cccnc2)c2cccc(C(=O)OC(C)(C)C)c2)cc1OC. The van der Waals surface area contributed by atoms with E-state index in [9.17, 15) is 9.59 Å². The number of anilines is 2. The summed E-state index contributed by atoms with van der Waals surface area (Å²) in [6.45, 7) is 5.97. The van der Waals surface area contributed by atoms with E-state index in [1.165, 1.54) is 14.2 Å². The lowest BCUT2D eigenvalue weighted by Crippen LogP contribution is -2.24. The molecule has 33 heavy (non-hydrogen) atoms. The first-order valence-electron chi connectivity index (χ1n) is 10.5. The summed E-state index contributed by atoms with van der Waals surface area (Å²) in [4.78, 5) is 31.0. The minimum Gasteiger partial charge on any atom is -0.496 e. The summed E-state index contributed by atoms with van der Waals surface area (Å²) in [5.74, 6) is -0.493. The van der Waals surface area contributed by atoms with Gasteiger partial charge in [0.1, 0.15) is 16.9 Å². The van der Waals surface area contributed by atoms with Gasteiger partial charge in [-0.05, 0) is 62.7 Å². The first kappa shape index (κ1) is 23.8. The number of benzene rings is 2. The molecule has 7 heteroatoms. The number of ether oxygens (including phenoxy) is 3. The highest BCUT2D eigenvalue weighted by atomic mass is 16.6. The molecule has 0 N–H and O–H groups in total. The molecule has 0 unspecified atom stereocenters. The van der Waals surface area contributed by atoms with Gasteiger partial charge in [0.05, 0.1) is 19.8 Å². The van der Waals surface area contributed by atoms with E-state index in [0.29, 0.717) is 23.4 Å². The van der Waals surface area contributed by atoms with Crippen LogP contribution in [0.25, 0.3) is 0 Å². The van der Waals surface area contributed by atoms with Crippen molar-refractivity contribution in [2.75, 3.05) is 19.1 Å². The molecule has 7 nitrogen and oxygen atoms in total. The van der Waals surface area contributed by atoms with Gasteiger partial charge in [-0.3, -0.25) is 4.98 Å². The maximum atomic E-state index is 12.7. The number of hydrogen-bond donors (Lipinski definition) is 0. The summed E-state index contributed by atoms with van der Waals surface area (Å²) < 4.78 is 15.8. The van der Waals surface area contributed by atoms with Crippen LogP contribution in [0.1, 0.15) is 47.1 Å². The molecule has 0 bridgehead atoms. The number of carbonyl (C=O) groups is 2. The van der Waals surface area contributed by atoms with Gasteiger partial charge in [-0.15, -0.1) is 0 Å². The van der Waals surface area contributed by atoms with Gasteiger partial charge in [-0.25, -0.2) is 9.59 Å². The van der Waals surface area contributed by atoms with Crippen LogP contribution < -0.4 is 9.64 Å². The molecule has 2 aromatic carbocycles. The molecule has 1 heterocycles. The number of methoxy groups -OCH3 is 2. The van der Waals surface area contributed by atoms with Crippen molar-refractivity contribution in [2.24, 2.45) is 0 Å². The fourth-order valence-electron chi connectivity index (χ4n) is 3.27. The molecule has 0 aliphatic heterocycles. The van der Waals surface area contributed by atoms with Crippen LogP contribution in [0.2, 0.25) is 0 Å². The first-order valence-corrected chi connectivity index (χ1v) is 10.5. The van der Waals surface area contributed by atoms with E-state index < -0.39 is 17.5 Å². The molecule has 0 atom stereocenters. The Morgan fingerprint density at radius 3 is 2.33 bits per heavy atom. The third kappa shape index (κ3) is 6.10. The summed E-state index contributed by atoms with van der Waals surface area (Å²) >= 11 is 0. The van der Waals surface area contributed by atoms with E-state index in [1.54, 1.807) is 36.7 Å². The molecular formula is C26H28N2O5. The van der Waals surface area contributed by atoms with Crippen molar-refractivity contribution in [1.29, 1.82) is 0 Å². The summed E-state index contributed by atoms with van der Waals surface area (Å²) in [7, 11) is 2.83. The predicted molar refractivity (Wildman–Crippen MR) is 126 cm³/mol. The number of pyridine rings is 1. The molecule has 0 saturated carbocycles. The number of aromatic nitrogens is 1. The Hall–Kier alpha value is -3.87. The fourth-order valence-corrected chi connectivity index (χ4v) is 3.27. The summed E-state index contributed by atoms with van der Waals surface area (Å²) in [6, 6.07) is 16.3. The molecule has 1 aromatic heterocycles. The largest absolute Gasteiger partial charge is 0.496 e. The topological polar surface area (TPSA) is 78.0 Å². The molecule has 0 saturated heterocycles. The molecule has 172 valence electrons. The second kappa shape index (κ2) is 10.2. The van der Waals surface area contributed by atoms with Crippen molar-refractivity contribution in [1.82, 2.24) is 4.98 Å². The van der Waals surface area contributed by atoms with Gasteiger partial charge in [0.15, 0.2) is 0 Å². The van der Waals surface area contributed by atoms with Crippen LogP contribution in [-0.4, -0.2) is 36.7 Å². The van der Waals surface area contributed by atoms with Crippen molar-refractivity contribution >= 4 is 23.3 Å². The normalized spacial score (nSPS) is 10.9. The van der Waals surface area contributed by atoms with Crippen molar-refractivity contribution in [3.05, 3.63) is 83.7 Å². The Morgan fingerprint density at radius 1 is 0.939 bits per heavy atom. The molecule has 0 radical (unpaired) electrons. The second-order valence-corrected chi connectivity index (χ2v) is 8.38. The van der Waals surface area contributed by atoms with Crippen molar-refractivity contribution < 1.29 is 23.8 Å². The van der Waals surface area contributed by atoms with E-state index in [2.05, 4.69) is 4.98 Å². The third-order valence-corrected chi connectivity index (χ3v) is 4.76. The van der Waals surface area contributed by atoms with Crippen LogP contribution in [-0.2, 0) is 16.0 Å². The minimum absolute atomic E-state index is 0.326. The Balaban J connectivity index is 2.05. The summed E-state index contributed by atoms with van der Waals surface area (Å²) in [6.07, 6.45) is 3.50. The van der Waals surface area contributed by atoms with Gasteiger partial charge >= 0.3 is 11.9 Å². The second-order valence-electron chi connectivity index (χ2n) is 8.38. The Bertz CT molecular complexity index is 1120. The maximum Gasteiger partial charge on any atom is 0.341 e. The molecule has 0 fully saturated rings. The zero-order chi connectivity index (χ0) is 24.0. The Morgan fingerprint density at radius 2 is 1.70 bits per heavy atom. The van der Waals surface area contributed by atoms with E-state index in [0.717, 1.165) is 16.9 Å². The highest BCUT2D eigenvalue weighted by molar-refractivity contribution is 5.94. The highest BCUT2D eigenvalue weighted by Crippen LogP contribution is 2.33. The third-order valence-electron chi connectivity index (χ3n) is 4.76. The molecule has 3 aromatic rings. The van der Waals surface area contributed by atoms with Crippen molar-refractivity contribution in [3.8, 4) is 5.75 Å². The van der Waals surface area contributed by atoms with Crippen LogP contribution in [0.3, 0.4) is 0 Å². The lowest BCUT2D eigenvalue weighted by molar-refractivity contribution is 0.00693. The van der Waals surface area contributed by atoms with Gasteiger partial charge in [-0.1, -0.05) is 12.1 Å². The molecule has 0 aliphatic rings. The number of esters is 2. The Kier molecular flexibility index (Phi) is 7.33. The lowest BCUT2D eigenvalue weighted by Gasteiger charge is -2.27. The quantitative estimate of drug-likeness (QED) is 0.461. The first-order chi connectivity index (χ1) is 15.7. The lowest BCUT2D eigenvalue weighted by atomic mass is 10.1. The average Bonchev–Trinajstić information content (AvgIpc) is 2.81. The monoisotopic (exact) mass is 448 g/mol. The number of hydrogen-bond acceptors (Lipinski definition) is 7. The maximum absolute atomic E-state index is 12.7. The molecule has 0 aliphatic carbocycles. The number of rotatable bonds is 7. The molecule has 0 amide bonds. The molecule has 3 rings (SSSR count). The van der Waals surface area contributed by atoms with Crippen LogP contribution in [0, 0.1) is 0 Å². The average molecular weight is 449 g/mol. The van der Waals surface area contributed by atoms with E-state index in [1.807, 2.05) is 56.0 Å². The molecule has 0 spiro atoms. The zero-order valence-electron chi connectivity index (χ0n) is 19.5. The fraction of sp³-hybridized carbons (Fsp3) is 0.269. The van der Waals surface area contributed by atoms with Gasteiger partial charge in [0, 0.05) is 36.4 Å². The van der Waals surface area contributed by atoms with Gasteiger partial charge in [-0.2, -0.15) is 0 Å². The minimum atomic E-state index is -0.598. The summed E-state index contributed by atoms with van der Waals surface area (Å²) in [5, 5.41) is 0. The summed E-state index contributed by atoms with van der Waals surface area (Å²) in [5.41, 5.74) is 2.68. The van der Waals surface area contributed by atoms with Gasteiger partial charge < -0.3 is 19.1 Å². The smallest absolute Gasteiger partial charge is 0.341 e. The number of carbonyl (C=O) groups excluding carboxylic acids is 2. The zero-order valence-corrected chi connectivity index (χ0v) is 19.5. The van der Waals surface area contributed by atoms with Crippen molar-refractivity contribution in [2.45, 2.75) is 32.9 Å². The van der Waals surface area contributed by atoms with Gasteiger partial charge in [0.2, 0.25) is 0 Å². The van der Waals surface area contributed by atoms with Crippen molar-refractivity contribution in [3.63, 3.8) is 0 Å². The Labute approximate surface area is 193 Å². The van der Waals surface area contributed by atoms with E-state index in [-0.39, 0.29) is 0 Å². The highest BCUT2D eigenvalue weighted by Gasteiger charge is 2.21. The van der Waals surface area contributed by atoms with Crippen LogP contribution in [0.4, 0.5) is 11.4 Å². The van der Waals surface area contributed by atoms with E-state index >= 15 is 0 Å². The molecular weight excluding hydrogens is 420 g/mol. The van der Waals surface area contributed by atoms with Crippen LogP contribution >= 0.6 is 0 Å². The predicted octanol–water partition coefficient (Wildman–Crippen LogP) is 5.17. The van der Waals surface area contributed by atoms with Crippen LogP contribution in [0.15, 0.2) is 67.0 Å². The van der Waals surface area contributed by atoms with E-state index in [4.69, 9.17) is 14.2 Å². The van der Waals surface area contributed by atoms with Crippen LogP contribution in [0.5, 0.6) is 5.75 Å².